The molecule has 1 heterocycles. The van der Waals surface area contributed by atoms with E-state index < -0.39 is 0 Å². The van der Waals surface area contributed by atoms with Crippen LogP contribution in [0.2, 0.25) is 0 Å². The second kappa shape index (κ2) is 8.47. The summed E-state index contributed by atoms with van der Waals surface area (Å²) >= 11 is 1.54. The van der Waals surface area contributed by atoms with Crippen LogP contribution in [-0.2, 0) is 0 Å². The van der Waals surface area contributed by atoms with Crippen molar-refractivity contribution >= 4 is 34.1 Å². The van der Waals surface area contributed by atoms with Crippen LogP contribution in [0.15, 0.2) is 60.8 Å². The summed E-state index contributed by atoms with van der Waals surface area (Å²) in [6, 6.07) is 16.1. The third kappa shape index (κ3) is 4.15. The smallest absolute Gasteiger partial charge is 0.142 e. The van der Waals surface area contributed by atoms with Gasteiger partial charge in [-0.15, -0.1) is 0 Å². The van der Waals surface area contributed by atoms with Crippen LogP contribution >= 0.6 is 11.9 Å². The van der Waals surface area contributed by atoms with Crippen LogP contribution in [0.5, 0.6) is 5.75 Å². The van der Waals surface area contributed by atoms with Gasteiger partial charge in [-0.1, -0.05) is 36.7 Å². The highest BCUT2D eigenvalue weighted by Gasteiger charge is 2.11. The molecule has 0 aliphatic heterocycles. The first kappa shape index (κ1) is 18.6. The zero-order valence-electron chi connectivity index (χ0n) is 15.2. The quantitative estimate of drug-likeness (QED) is 0.442. The fourth-order valence-electron chi connectivity index (χ4n) is 2.82. The van der Waals surface area contributed by atoms with Gasteiger partial charge in [-0.05, 0) is 29.7 Å². The summed E-state index contributed by atoms with van der Waals surface area (Å²) in [6.45, 7) is 4.10. The molecule has 0 saturated heterocycles. The average molecular weight is 376 g/mol. The number of pyridine rings is 1. The molecule has 0 bridgehead atoms. The number of aromatic nitrogens is 1. The Balaban J connectivity index is 2.08. The Morgan fingerprint density at radius 1 is 1.26 bits per heavy atom. The SMILES string of the molecule is C=C(C#N)CNc1c(OC)ccc2ccc(-c3cc(NSC)ccn3)cc12. The maximum atomic E-state index is 8.98. The van der Waals surface area contributed by atoms with Gasteiger partial charge in [0.2, 0.25) is 0 Å². The van der Waals surface area contributed by atoms with Crippen LogP contribution in [0.25, 0.3) is 22.0 Å². The van der Waals surface area contributed by atoms with Crippen LogP contribution in [0.3, 0.4) is 0 Å². The molecule has 0 saturated carbocycles. The lowest BCUT2D eigenvalue weighted by Crippen LogP contribution is -2.05. The van der Waals surface area contributed by atoms with E-state index in [9.17, 15) is 0 Å². The van der Waals surface area contributed by atoms with E-state index in [2.05, 4.69) is 45.9 Å². The highest BCUT2D eigenvalue weighted by Crippen LogP contribution is 2.36. The van der Waals surface area contributed by atoms with Gasteiger partial charge >= 0.3 is 0 Å². The number of rotatable bonds is 7. The molecule has 0 amide bonds. The number of fused-ring (bicyclic) bond motifs is 1. The first-order valence-electron chi connectivity index (χ1n) is 8.34. The van der Waals surface area contributed by atoms with Crippen LogP contribution in [0.1, 0.15) is 0 Å². The maximum Gasteiger partial charge on any atom is 0.142 e. The van der Waals surface area contributed by atoms with Gasteiger partial charge in [-0.25, -0.2) is 0 Å². The van der Waals surface area contributed by atoms with E-state index in [-0.39, 0.29) is 0 Å². The van der Waals surface area contributed by atoms with Gasteiger partial charge in [0.25, 0.3) is 0 Å². The molecule has 27 heavy (non-hydrogen) atoms. The third-order valence-electron chi connectivity index (χ3n) is 4.12. The topological polar surface area (TPSA) is 70.0 Å². The van der Waals surface area contributed by atoms with E-state index in [0.717, 1.165) is 39.2 Å². The van der Waals surface area contributed by atoms with E-state index in [1.807, 2.05) is 30.5 Å². The van der Waals surface area contributed by atoms with Crippen molar-refractivity contribution in [2.45, 2.75) is 0 Å². The highest BCUT2D eigenvalue weighted by atomic mass is 32.2. The predicted octanol–water partition coefficient (Wildman–Crippen LogP) is 5.09. The molecule has 0 atom stereocenters. The fraction of sp³-hybridized carbons (Fsp3) is 0.143. The fourth-order valence-corrected chi connectivity index (χ4v) is 3.18. The minimum Gasteiger partial charge on any atom is -0.495 e. The van der Waals surface area contributed by atoms with Gasteiger partial charge in [0, 0.05) is 41.2 Å². The molecule has 0 unspecified atom stereocenters. The Labute approximate surface area is 163 Å². The van der Waals surface area contributed by atoms with Gasteiger partial charge in [0.15, 0.2) is 0 Å². The maximum absolute atomic E-state index is 8.98. The summed E-state index contributed by atoms with van der Waals surface area (Å²) in [7, 11) is 1.63. The number of methoxy groups -OCH3 is 1. The molecule has 2 aromatic carbocycles. The number of ether oxygens (including phenoxy) is 1. The number of hydrogen-bond acceptors (Lipinski definition) is 6. The van der Waals surface area contributed by atoms with Crippen LogP contribution in [0.4, 0.5) is 11.4 Å². The summed E-state index contributed by atoms with van der Waals surface area (Å²) in [6.07, 6.45) is 3.77. The second-order valence-electron chi connectivity index (χ2n) is 5.88. The Hall–Kier alpha value is -3.17. The van der Waals surface area contributed by atoms with Crippen LogP contribution < -0.4 is 14.8 Å². The largest absolute Gasteiger partial charge is 0.495 e. The lowest BCUT2D eigenvalue weighted by atomic mass is 10.0. The Morgan fingerprint density at radius 3 is 2.81 bits per heavy atom. The first-order chi connectivity index (χ1) is 13.2. The van der Waals surface area contributed by atoms with Crippen molar-refractivity contribution in [2.24, 2.45) is 0 Å². The van der Waals surface area contributed by atoms with E-state index in [0.29, 0.717) is 12.1 Å². The predicted molar refractivity (Wildman–Crippen MR) is 114 cm³/mol. The molecule has 1 aromatic heterocycles. The standard InChI is InChI=1S/C21H20N4OS/c1-14(12-22)13-24-21-18-10-16(5-4-15(18)6-7-20(21)26-2)19-11-17(25-27-3)8-9-23-19/h4-11,24H,1,13H2,2-3H3,(H,23,25). The molecule has 2 N–H and O–H groups in total. The van der Waals surface area contributed by atoms with Gasteiger partial charge < -0.3 is 14.8 Å². The normalized spacial score (nSPS) is 10.3. The molecular weight excluding hydrogens is 356 g/mol. The molecule has 0 spiro atoms. The molecule has 3 aromatic rings. The number of anilines is 2. The minimum absolute atomic E-state index is 0.363. The number of hydrogen-bond donors (Lipinski definition) is 2. The van der Waals surface area contributed by atoms with Crippen molar-refractivity contribution in [3.63, 3.8) is 0 Å². The van der Waals surface area contributed by atoms with Gasteiger partial charge in [0.05, 0.1) is 24.6 Å². The number of nitrogens with one attached hydrogen (secondary N) is 2. The second-order valence-corrected chi connectivity index (χ2v) is 6.50. The molecule has 136 valence electrons. The Kier molecular flexibility index (Phi) is 5.84. The van der Waals surface area contributed by atoms with Crippen molar-refractivity contribution in [2.75, 3.05) is 29.9 Å². The van der Waals surface area contributed by atoms with Gasteiger partial charge in [-0.3, -0.25) is 4.98 Å². The van der Waals surface area contributed by atoms with Crippen molar-refractivity contribution < 1.29 is 4.74 Å². The third-order valence-corrected chi connectivity index (χ3v) is 4.56. The molecule has 0 aliphatic carbocycles. The molecule has 6 heteroatoms. The van der Waals surface area contributed by atoms with Crippen molar-refractivity contribution in [3.05, 3.63) is 60.8 Å². The average Bonchev–Trinajstić information content (AvgIpc) is 2.71. The molecule has 0 radical (unpaired) electrons. The Bertz CT molecular complexity index is 1030. The molecule has 5 nitrogen and oxygen atoms in total. The summed E-state index contributed by atoms with van der Waals surface area (Å²) in [5.41, 5.74) is 4.19. The number of benzene rings is 2. The van der Waals surface area contributed by atoms with Crippen LogP contribution in [0, 0.1) is 11.3 Å². The highest BCUT2D eigenvalue weighted by molar-refractivity contribution is 7.99. The molecular formula is C21H20N4OS. The monoisotopic (exact) mass is 376 g/mol. The number of nitriles is 1. The Morgan fingerprint density at radius 2 is 2.07 bits per heavy atom. The summed E-state index contributed by atoms with van der Waals surface area (Å²) < 4.78 is 8.74. The summed E-state index contributed by atoms with van der Waals surface area (Å²) in [4.78, 5) is 4.50. The van der Waals surface area contributed by atoms with Crippen molar-refractivity contribution in [1.82, 2.24) is 4.98 Å². The number of nitrogens with zero attached hydrogens (tertiary/aromatic N) is 2. The van der Waals surface area contributed by atoms with Crippen LogP contribution in [-0.4, -0.2) is 24.9 Å². The zero-order chi connectivity index (χ0) is 19.2. The van der Waals surface area contributed by atoms with E-state index in [1.54, 1.807) is 25.3 Å². The van der Waals surface area contributed by atoms with Gasteiger partial charge in [0.1, 0.15) is 5.75 Å². The van der Waals surface area contributed by atoms with Gasteiger partial charge in [-0.2, -0.15) is 5.26 Å². The lowest BCUT2D eigenvalue weighted by molar-refractivity contribution is 0.417. The summed E-state index contributed by atoms with van der Waals surface area (Å²) in [5.74, 6) is 0.719. The molecule has 0 aliphatic rings. The van der Waals surface area contributed by atoms with E-state index in [4.69, 9.17) is 10.00 Å². The molecule has 0 fully saturated rings. The minimum atomic E-state index is 0.363. The van der Waals surface area contributed by atoms with Crippen molar-refractivity contribution in [1.29, 1.82) is 5.26 Å². The van der Waals surface area contributed by atoms with E-state index >= 15 is 0 Å². The van der Waals surface area contributed by atoms with Crippen molar-refractivity contribution in [3.8, 4) is 23.1 Å². The zero-order valence-corrected chi connectivity index (χ0v) is 16.1. The van der Waals surface area contributed by atoms with E-state index in [1.165, 1.54) is 0 Å². The molecule has 3 rings (SSSR count). The summed E-state index contributed by atoms with van der Waals surface area (Å²) in [5, 5.41) is 14.3. The lowest BCUT2D eigenvalue weighted by Gasteiger charge is -2.15. The first-order valence-corrected chi connectivity index (χ1v) is 9.56.